The first-order chi connectivity index (χ1) is 12.7. The van der Waals surface area contributed by atoms with Gasteiger partial charge in [-0.25, -0.2) is 18.3 Å². The van der Waals surface area contributed by atoms with Gasteiger partial charge in [0.2, 0.25) is 12.7 Å². The highest BCUT2D eigenvalue weighted by molar-refractivity contribution is 6.50. The van der Waals surface area contributed by atoms with E-state index < -0.39 is 14.5 Å². The average molecular weight is 424 g/mol. The Balaban J connectivity index is 0. The molecular weight excluding hydrogens is 398 g/mol. The maximum atomic E-state index is 9.75. The van der Waals surface area contributed by atoms with Crippen LogP contribution in [0.5, 0.6) is 0 Å². The predicted octanol–water partition coefficient (Wildman–Crippen LogP) is 4.05. The lowest BCUT2D eigenvalue weighted by atomic mass is 10.3. The van der Waals surface area contributed by atoms with Crippen LogP contribution in [0.4, 0.5) is 34.5 Å². The molecule has 2 rings (SSSR count). The molecule has 2 aromatic rings. The summed E-state index contributed by atoms with van der Waals surface area (Å²) in [6, 6.07) is 0. The minimum Gasteiger partial charge on any atom is -0.418 e. The third-order valence-electron chi connectivity index (χ3n) is 2.78. The van der Waals surface area contributed by atoms with Crippen LogP contribution in [0.25, 0.3) is 0 Å². The van der Waals surface area contributed by atoms with Crippen molar-refractivity contribution < 1.29 is 43.7 Å². The molecule has 0 fully saturated rings. The summed E-state index contributed by atoms with van der Waals surface area (Å²) in [6.07, 6.45) is 15.0. The molecule has 0 aliphatic carbocycles. The van der Waals surface area contributed by atoms with Crippen molar-refractivity contribution >= 4 is 14.5 Å². The van der Waals surface area contributed by atoms with Gasteiger partial charge in [0.1, 0.15) is 24.8 Å². The van der Waals surface area contributed by atoms with E-state index in [0.29, 0.717) is 0 Å². The molecule has 2 heterocycles. The number of aryl methyl sites for hydroxylation is 4. The summed E-state index contributed by atoms with van der Waals surface area (Å²) in [5, 5.41) is 0. The number of halogens is 8. The number of unbranched alkanes of at least 4 members (excludes halogenated alkanes) is 1. The molecule has 0 unspecified atom stereocenters. The number of nitrogens with zero attached hydrogens (tertiary/aromatic N) is 4. The van der Waals surface area contributed by atoms with Crippen LogP contribution in [0.3, 0.4) is 0 Å². The third-order valence-corrected chi connectivity index (χ3v) is 2.78. The lowest BCUT2D eigenvalue weighted by Gasteiger charge is -1.94. The Labute approximate surface area is 159 Å². The molecule has 0 saturated carbocycles. The van der Waals surface area contributed by atoms with Gasteiger partial charge in [-0.3, -0.25) is 0 Å². The zero-order chi connectivity index (χ0) is 22.4. The summed E-state index contributed by atoms with van der Waals surface area (Å²) >= 11 is 0. The van der Waals surface area contributed by atoms with E-state index in [4.69, 9.17) is 0 Å². The fourth-order valence-electron chi connectivity index (χ4n) is 1.66. The molecule has 0 aliphatic heterocycles. The van der Waals surface area contributed by atoms with Crippen LogP contribution < -0.4 is 9.13 Å². The lowest BCUT2D eigenvalue weighted by Crippen LogP contribution is -2.23. The number of hydrogen-bond donors (Lipinski definition) is 0. The first-order valence-corrected chi connectivity index (χ1v) is 8.42. The van der Waals surface area contributed by atoms with Crippen molar-refractivity contribution in [2.45, 2.75) is 39.8 Å². The van der Waals surface area contributed by atoms with Crippen LogP contribution in [0.1, 0.15) is 26.7 Å². The molecule has 0 aromatic carbocycles. The van der Waals surface area contributed by atoms with Crippen LogP contribution in [0.15, 0.2) is 37.4 Å². The topological polar surface area (TPSA) is 17.6 Å². The average Bonchev–Trinajstić information content (AvgIpc) is 3.10. The smallest absolute Gasteiger partial charge is 0.418 e. The maximum Gasteiger partial charge on any atom is 0.673 e. The van der Waals surface area contributed by atoms with E-state index >= 15 is 0 Å². The molecule has 0 atom stereocenters. The lowest BCUT2D eigenvalue weighted by molar-refractivity contribution is -0.671. The van der Waals surface area contributed by atoms with E-state index in [1.165, 1.54) is 12.8 Å². The van der Waals surface area contributed by atoms with Crippen LogP contribution in [-0.2, 0) is 27.2 Å². The number of aromatic nitrogens is 4. The van der Waals surface area contributed by atoms with Gasteiger partial charge >= 0.3 is 14.5 Å². The Hall–Kier alpha value is -2.01. The Morgan fingerprint density at radius 3 is 1.29 bits per heavy atom. The van der Waals surface area contributed by atoms with E-state index in [9.17, 15) is 34.5 Å². The number of rotatable bonds is 4. The highest BCUT2D eigenvalue weighted by Gasteiger charge is 2.21. The minimum absolute atomic E-state index is 1.06. The first-order valence-electron chi connectivity index (χ1n) is 8.42. The molecule has 0 aliphatic rings. The second kappa shape index (κ2) is 14.1. The fourth-order valence-corrected chi connectivity index (χ4v) is 1.66. The number of hydrogen-bond acceptors (Lipinski definition) is 0. The molecule has 0 radical (unpaired) electrons. The van der Waals surface area contributed by atoms with Crippen molar-refractivity contribution in [1.29, 1.82) is 0 Å². The Morgan fingerprint density at radius 2 is 1.07 bits per heavy atom. The molecule has 0 bridgehead atoms. The van der Waals surface area contributed by atoms with Gasteiger partial charge in [-0.05, 0) is 13.3 Å². The van der Waals surface area contributed by atoms with Gasteiger partial charge in [0, 0.05) is 0 Å². The summed E-state index contributed by atoms with van der Waals surface area (Å²) in [5.74, 6) is 0. The predicted molar refractivity (Wildman–Crippen MR) is 92.2 cm³/mol. The Morgan fingerprint density at radius 1 is 0.714 bits per heavy atom. The number of imidazole rings is 2. The molecular formula is C14H26B2F8N4. The quantitative estimate of drug-likeness (QED) is 0.401. The highest BCUT2D eigenvalue weighted by atomic mass is 19.5. The van der Waals surface area contributed by atoms with E-state index in [-0.39, 0.29) is 0 Å². The zero-order valence-corrected chi connectivity index (χ0v) is 16.3. The van der Waals surface area contributed by atoms with Crippen LogP contribution in [-0.4, -0.2) is 23.6 Å². The molecule has 164 valence electrons. The summed E-state index contributed by atoms with van der Waals surface area (Å²) in [7, 11) is -7.94. The second-order valence-corrected chi connectivity index (χ2v) is 5.57. The van der Waals surface area contributed by atoms with Crippen molar-refractivity contribution in [1.82, 2.24) is 9.13 Å². The molecule has 0 amide bonds. The van der Waals surface area contributed by atoms with Gasteiger partial charge in [-0.1, -0.05) is 13.3 Å². The normalized spacial score (nSPS) is 10.7. The molecule has 28 heavy (non-hydrogen) atoms. The second-order valence-electron chi connectivity index (χ2n) is 5.57. The molecule has 0 spiro atoms. The van der Waals surface area contributed by atoms with Crippen molar-refractivity contribution in [3.8, 4) is 0 Å². The fraction of sp³-hybridized carbons (Fsp3) is 0.571. The van der Waals surface area contributed by atoms with Crippen molar-refractivity contribution in [2.75, 3.05) is 0 Å². The highest BCUT2D eigenvalue weighted by Crippen LogP contribution is 2.07. The third kappa shape index (κ3) is 26.2. The van der Waals surface area contributed by atoms with Crippen molar-refractivity contribution in [3.63, 3.8) is 0 Å². The van der Waals surface area contributed by atoms with Gasteiger partial charge in [0.25, 0.3) is 0 Å². The standard InChI is InChI=1S/C8H15N2.C6H11N2.2BF4/c1-3-4-5-10-7-6-9(2)8-10;1-3-8-5-4-7(2)6-8;2*2-1(3,4)5/h6-8H,3-5H2,1-2H3;4-6H,3H2,1-2H3;;/q2*+1;2*-1. The first kappa shape index (κ1) is 28.2. The summed E-state index contributed by atoms with van der Waals surface area (Å²) in [4.78, 5) is 0. The van der Waals surface area contributed by atoms with E-state index in [0.717, 1.165) is 13.1 Å². The summed E-state index contributed by atoms with van der Waals surface area (Å²) < 4.78 is 86.4. The van der Waals surface area contributed by atoms with Crippen LogP contribution in [0.2, 0.25) is 0 Å². The molecule has 0 N–H and O–H groups in total. The largest absolute Gasteiger partial charge is 0.673 e. The molecule has 2 aromatic heterocycles. The van der Waals surface area contributed by atoms with Gasteiger partial charge in [0.15, 0.2) is 0 Å². The van der Waals surface area contributed by atoms with Crippen molar-refractivity contribution in [2.24, 2.45) is 14.1 Å². The van der Waals surface area contributed by atoms with Gasteiger partial charge in [0.05, 0.1) is 27.2 Å². The zero-order valence-electron chi connectivity index (χ0n) is 16.3. The minimum atomic E-state index is -6.00. The molecule has 14 heteroatoms. The Kier molecular flexibility index (Phi) is 14.2. The van der Waals surface area contributed by atoms with E-state index in [1.54, 1.807) is 0 Å². The monoisotopic (exact) mass is 424 g/mol. The van der Waals surface area contributed by atoms with E-state index in [2.05, 4.69) is 58.8 Å². The van der Waals surface area contributed by atoms with Gasteiger partial charge < -0.3 is 34.5 Å². The molecule has 4 nitrogen and oxygen atoms in total. The van der Waals surface area contributed by atoms with E-state index in [1.807, 2.05) is 24.9 Å². The summed E-state index contributed by atoms with van der Waals surface area (Å²) in [5.41, 5.74) is 0. The van der Waals surface area contributed by atoms with Crippen molar-refractivity contribution in [3.05, 3.63) is 37.4 Å². The van der Waals surface area contributed by atoms with Crippen LogP contribution >= 0.6 is 0 Å². The van der Waals surface area contributed by atoms with Gasteiger partial charge in [-0.15, -0.1) is 0 Å². The Bertz CT molecular complexity index is 601. The summed E-state index contributed by atoms with van der Waals surface area (Å²) in [6.45, 7) is 6.54. The SMILES string of the molecule is CCCCn1cc[n+](C)c1.CCn1cc[n+](C)c1.F[B-](F)(F)F.F[B-](F)(F)F. The van der Waals surface area contributed by atoms with Crippen LogP contribution in [0, 0.1) is 0 Å². The van der Waals surface area contributed by atoms with Gasteiger partial charge in [-0.2, -0.15) is 0 Å². The maximum absolute atomic E-state index is 9.75. The molecule has 0 saturated heterocycles.